The Morgan fingerprint density at radius 3 is 2.32 bits per heavy atom. The second-order valence-corrected chi connectivity index (χ2v) is 15.1. The molecule has 1 N–H and O–H groups in total. The van der Waals surface area contributed by atoms with Crippen molar-refractivity contribution >= 4 is 20.1 Å². The summed E-state index contributed by atoms with van der Waals surface area (Å²) in [6.45, 7) is 16.0. The molecule has 0 aromatic carbocycles. The summed E-state index contributed by atoms with van der Waals surface area (Å²) in [5.74, 6) is -1.81. The number of rotatable bonds is 5. The Bertz CT molecular complexity index is 756. The minimum atomic E-state index is -2.16. The predicted octanol–water partition coefficient (Wildman–Crippen LogP) is 4.57. The maximum atomic E-state index is 12.8. The number of hydrogen-bond acceptors (Lipinski definition) is 6. The lowest BCUT2D eigenvalue weighted by molar-refractivity contribution is -0.220. The number of aliphatic hydroxyl groups excluding tert-OH is 1. The zero-order valence-corrected chi connectivity index (χ0v) is 19.3. The number of hydrogen-bond donors (Lipinski definition) is 1. The molecule has 7 nitrogen and oxygen atoms in total. The van der Waals surface area contributed by atoms with E-state index in [4.69, 9.17) is 14.6 Å². The summed E-state index contributed by atoms with van der Waals surface area (Å²) in [5, 5.41) is 18.7. The van der Waals surface area contributed by atoms with Gasteiger partial charge in [-0.15, -0.1) is 0 Å². The first-order valence-corrected chi connectivity index (χ1v) is 12.7. The fourth-order valence-electron chi connectivity index (χ4n) is 4.33. The van der Waals surface area contributed by atoms with Gasteiger partial charge in [0.1, 0.15) is 11.4 Å². The summed E-state index contributed by atoms with van der Waals surface area (Å²) < 4.78 is 12.2. The van der Waals surface area contributed by atoms with Gasteiger partial charge in [0.05, 0.1) is 12.5 Å². The second kappa shape index (κ2) is 6.96. The van der Waals surface area contributed by atoms with Crippen LogP contribution < -0.4 is 0 Å². The van der Waals surface area contributed by atoms with Crippen LogP contribution in [0.15, 0.2) is 11.5 Å². The van der Waals surface area contributed by atoms with Gasteiger partial charge in [0.2, 0.25) is 5.39 Å². The molecule has 0 heterocycles. The SMILES string of the molecule is C/C(O)=C(\[N+]#N)C(=O)O[C@@]1(CO[Si](C)(C)C(C)(C)C)CC[C@H]2C(=O)[C@@H]1C2(C)C. The molecule has 0 aromatic rings. The molecule has 3 aliphatic rings. The molecule has 3 atom stereocenters. The van der Waals surface area contributed by atoms with Crippen molar-refractivity contribution in [1.82, 2.24) is 0 Å². The highest BCUT2D eigenvalue weighted by Crippen LogP contribution is 2.61. The van der Waals surface area contributed by atoms with Crippen molar-refractivity contribution in [2.75, 3.05) is 6.61 Å². The van der Waals surface area contributed by atoms with Gasteiger partial charge in [0.15, 0.2) is 19.1 Å². The number of carbonyl (C=O) groups is 2. The van der Waals surface area contributed by atoms with Crippen molar-refractivity contribution in [2.45, 2.75) is 78.1 Å². The highest BCUT2D eigenvalue weighted by atomic mass is 28.4. The van der Waals surface area contributed by atoms with Gasteiger partial charge in [0, 0.05) is 12.8 Å². The fourth-order valence-corrected chi connectivity index (χ4v) is 5.37. The molecule has 3 fully saturated rings. The molecule has 3 saturated carbocycles. The normalized spacial score (nSPS) is 30.0. The zero-order chi connectivity index (χ0) is 21.7. The van der Waals surface area contributed by atoms with E-state index in [0.29, 0.717) is 12.8 Å². The van der Waals surface area contributed by atoms with Gasteiger partial charge in [-0.25, -0.2) is 4.79 Å². The van der Waals surface area contributed by atoms with E-state index < -0.39 is 37.3 Å². The first kappa shape index (κ1) is 22.6. The van der Waals surface area contributed by atoms with E-state index in [9.17, 15) is 14.7 Å². The van der Waals surface area contributed by atoms with E-state index in [-0.39, 0.29) is 28.8 Å². The average molecular weight is 410 g/mol. The monoisotopic (exact) mass is 409 g/mol. The van der Waals surface area contributed by atoms with E-state index in [1.54, 1.807) is 0 Å². The summed E-state index contributed by atoms with van der Waals surface area (Å²) in [6, 6.07) is 0. The Kier molecular flexibility index (Phi) is 5.61. The van der Waals surface area contributed by atoms with Crippen LogP contribution in [0.5, 0.6) is 0 Å². The minimum absolute atomic E-state index is 0.0330. The van der Waals surface area contributed by atoms with Gasteiger partial charge in [0.25, 0.3) is 0 Å². The minimum Gasteiger partial charge on any atom is -0.505 e. The van der Waals surface area contributed by atoms with Gasteiger partial charge in [-0.3, -0.25) is 4.79 Å². The molecule has 0 saturated heterocycles. The van der Waals surface area contributed by atoms with E-state index in [0.717, 1.165) is 0 Å². The Labute approximate surface area is 168 Å². The summed E-state index contributed by atoms with van der Waals surface area (Å²) in [5.41, 5.74) is -1.99. The van der Waals surface area contributed by atoms with Gasteiger partial charge < -0.3 is 14.3 Å². The van der Waals surface area contributed by atoms with Crippen LogP contribution in [-0.4, -0.2) is 37.4 Å². The second-order valence-electron chi connectivity index (χ2n) is 10.3. The van der Waals surface area contributed by atoms with Crippen molar-refractivity contribution in [2.24, 2.45) is 17.3 Å². The molecule has 2 bridgehead atoms. The van der Waals surface area contributed by atoms with Gasteiger partial charge in [-0.1, -0.05) is 34.6 Å². The number of allylic oxidation sites excluding steroid dienone is 1. The van der Waals surface area contributed by atoms with E-state index in [1.807, 2.05) is 13.8 Å². The number of aliphatic hydroxyl groups is 1. The number of nitrogens with zero attached hydrogens (tertiary/aromatic N) is 2. The summed E-state index contributed by atoms with van der Waals surface area (Å²) in [7, 11) is -2.16. The lowest BCUT2D eigenvalue weighted by atomic mass is 9.43. The smallest absolute Gasteiger partial charge is 0.504 e. The molecule has 8 heteroatoms. The van der Waals surface area contributed by atoms with E-state index in [2.05, 4.69) is 38.8 Å². The summed E-state index contributed by atoms with van der Waals surface area (Å²) in [4.78, 5) is 28.3. The number of esters is 1. The summed E-state index contributed by atoms with van der Waals surface area (Å²) >= 11 is 0. The molecule has 156 valence electrons. The molecule has 28 heavy (non-hydrogen) atoms. The lowest BCUT2D eigenvalue weighted by Crippen LogP contribution is -2.71. The third kappa shape index (κ3) is 3.50. The standard InChI is InChI=1S/C20H32N2O5Si/c1-12(23)14(22-21)17(25)27-20(11-26-28(7,8)18(2,3)4)10-9-13-15(24)16(20)19(13,5)6/h13,16H,9-11H2,1-8H3/p+1/t13-,16+,20+/m0/s1. The van der Waals surface area contributed by atoms with Crippen molar-refractivity contribution in [1.29, 1.82) is 5.39 Å². The number of ketones is 1. The van der Waals surface area contributed by atoms with Crippen LogP contribution >= 0.6 is 0 Å². The maximum Gasteiger partial charge on any atom is 0.504 e. The largest absolute Gasteiger partial charge is 0.505 e. The summed E-state index contributed by atoms with van der Waals surface area (Å²) in [6.07, 6.45) is 1.12. The first-order valence-electron chi connectivity index (χ1n) is 9.77. The van der Waals surface area contributed by atoms with Gasteiger partial charge >= 0.3 is 11.7 Å². The highest BCUT2D eigenvalue weighted by Gasteiger charge is 2.69. The predicted molar refractivity (Wildman–Crippen MR) is 107 cm³/mol. The number of fused-ring (bicyclic) bond motifs is 2. The third-order valence-corrected chi connectivity index (χ3v) is 11.5. The fraction of sp³-hybridized carbons (Fsp3) is 0.800. The van der Waals surface area contributed by atoms with Crippen LogP contribution in [0.2, 0.25) is 18.1 Å². The van der Waals surface area contributed by atoms with Crippen LogP contribution in [0.3, 0.4) is 0 Å². The number of ether oxygens (including phenoxy) is 1. The topological polar surface area (TPSA) is 101 Å². The molecule has 0 spiro atoms. The molecular formula is C20H33N2O5Si+. The van der Waals surface area contributed by atoms with Crippen LogP contribution in [-0.2, 0) is 18.8 Å². The van der Waals surface area contributed by atoms with E-state index >= 15 is 0 Å². The molecule has 0 aromatic heterocycles. The molecule has 3 aliphatic carbocycles. The molecule has 0 amide bonds. The van der Waals surface area contributed by atoms with Crippen LogP contribution in [0.1, 0.15) is 54.4 Å². The molecule has 3 rings (SSSR count). The molecule has 0 radical (unpaired) electrons. The Morgan fingerprint density at radius 1 is 1.36 bits per heavy atom. The van der Waals surface area contributed by atoms with Gasteiger partial charge in [-0.05, 0) is 36.4 Å². The lowest BCUT2D eigenvalue weighted by Gasteiger charge is -2.62. The van der Waals surface area contributed by atoms with Crippen LogP contribution in [0, 0.1) is 22.6 Å². The Balaban J connectivity index is 2.40. The quantitative estimate of drug-likeness (QED) is 0.235. The average Bonchev–Trinajstić information content (AvgIpc) is 2.52. The van der Waals surface area contributed by atoms with Crippen LogP contribution in [0.4, 0.5) is 0 Å². The molecule has 0 unspecified atom stereocenters. The van der Waals surface area contributed by atoms with Gasteiger partial charge in [-0.2, -0.15) is 0 Å². The van der Waals surface area contributed by atoms with E-state index in [1.165, 1.54) is 6.92 Å². The van der Waals surface area contributed by atoms with Crippen molar-refractivity contribution in [3.8, 4) is 0 Å². The number of Topliss-reactive ketones (excluding diaryl/α,β-unsaturated/α-hetero) is 1. The Hall–Kier alpha value is -1.72. The maximum absolute atomic E-state index is 12.8. The highest BCUT2D eigenvalue weighted by molar-refractivity contribution is 6.74. The van der Waals surface area contributed by atoms with Crippen molar-refractivity contribution in [3.05, 3.63) is 16.4 Å². The molecular weight excluding hydrogens is 376 g/mol. The first-order chi connectivity index (χ1) is 12.6. The zero-order valence-electron chi connectivity index (χ0n) is 18.3. The number of diazo groups is 1. The Morgan fingerprint density at radius 2 is 1.93 bits per heavy atom. The third-order valence-electron chi connectivity index (χ3n) is 7.07. The molecule has 0 aliphatic heterocycles. The van der Waals surface area contributed by atoms with Crippen LogP contribution in [0.25, 0.3) is 4.98 Å². The van der Waals surface area contributed by atoms with Crippen molar-refractivity contribution in [3.63, 3.8) is 0 Å². The number of carbonyl (C=O) groups excluding carboxylic acids is 2. The van der Waals surface area contributed by atoms with Crippen molar-refractivity contribution < 1.29 is 23.9 Å².